The standard InChI is InChI=1S/C19H18Cl2FN3O2/c20-12-7-8-13(21)16(10-12)24-19(27)17-6-3-9-25(17)11-18(26)23-15-5-2-1-4-14(15)22/h1-2,4-5,7-8,10,17H,3,6,9,11H2,(H,23,26)(H,24,27)/t17-/m0/s1. The highest BCUT2D eigenvalue weighted by atomic mass is 35.5. The normalized spacial score (nSPS) is 16.9. The first-order valence-corrected chi connectivity index (χ1v) is 9.24. The molecule has 0 aromatic heterocycles. The molecule has 1 aliphatic heterocycles. The molecular weight excluding hydrogens is 392 g/mol. The maximum Gasteiger partial charge on any atom is 0.241 e. The van der Waals surface area contributed by atoms with Crippen LogP contribution in [-0.2, 0) is 9.59 Å². The van der Waals surface area contributed by atoms with E-state index in [0.717, 1.165) is 6.42 Å². The molecule has 1 aliphatic rings. The Balaban J connectivity index is 1.62. The topological polar surface area (TPSA) is 61.4 Å². The number of carbonyl (C=O) groups is 2. The van der Waals surface area contributed by atoms with E-state index in [4.69, 9.17) is 23.2 Å². The maximum absolute atomic E-state index is 13.7. The number of rotatable bonds is 5. The van der Waals surface area contributed by atoms with Crippen molar-refractivity contribution in [3.05, 3.63) is 58.3 Å². The lowest BCUT2D eigenvalue weighted by Gasteiger charge is -2.23. The van der Waals surface area contributed by atoms with Crippen molar-refractivity contribution in [3.63, 3.8) is 0 Å². The molecule has 1 heterocycles. The van der Waals surface area contributed by atoms with E-state index >= 15 is 0 Å². The molecule has 0 spiro atoms. The number of anilines is 2. The maximum atomic E-state index is 13.7. The molecule has 0 bridgehead atoms. The summed E-state index contributed by atoms with van der Waals surface area (Å²) in [6, 6.07) is 10.3. The van der Waals surface area contributed by atoms with E-state index in [1.807, 2.05) is 0 Å². The molecule has 0 unspecified atom stereocenters. The van der Waals surface area contributed by atoms with Gasteiger partial charge in [-0.15, -0.1) is 0 Å². The van der Waals surface area contributed by atoms with Gasteiger partial charge in [0.25, 0.3) is 0 Å². The molecule has 2 aromatic rings. The van der Waals surface area contributed by atoms with Crippen molar-refractivity contribution >= 4 is 46.4 Å². The fourth-order valence-corrected chi connectivity index (χ4v) is 3.40. The minimum atomic E-state index is -0.503. The van der Waals surface area contributed by atoms with Crippen LogP contribution in [0.1, 0.15) is 12.8 Å². The lowest BCUT2D eigenvalue weighted by molar-refractivity contribution is -0.122. The minimum Gasteiger partial charge on any atom is -0.323 e. The molecule has 142 valence electrons. The van der Waals surface area contributed by atoms with Crippen LogP contribution in [0, 0.1) is 5.82 Å². The number of benzene rings is 2. The molecular formula is C19H18Cl2FN3O2. The number of hydrogen-bond donors (Lipinski definition) is 2. The van der Waals surface area contributed by atoms with Crippen molar-refractivity contribution in [2.75, 3.05) is 23.7 Å². The number of likely N-dealkylation sites (tertiary alicyclic amines) is 1. The zero-order valence-electron chi connectivity index (χ0n) is 14.3. The second-order valence-corrected chi connectivity index (χ2v) is 7.11. The van der Waals surface area contributed by atoms with Gasteiger partial charge in [0.05, 0.1) is 29.0 Å². The predicted molar refractivity (Wildman–Crippen MR) is 105 cm³/mol. The van der Waals surface area contributed by atoms with Gasteiger partial charge in [0, 0.05) is 5.02 Å². The Morgan fingerprint density at radius 3 is 2.67 bits per heavy atom. The van der Waals surface area contributed by atoms with Crippen molar-refractivity contribution in [2.24, 2.45) is 0 Å². The summed E-state index contributed by atoms with van der Waals surface area (Å²) in [5.74, 6) is -1.13. The molecule has 0 saturated carbocycles. The number of para-hydroxylation sites is 1. The highest BCUT2D eigenvalue weighted by Crippen LogP contribution is 2.27. The van der Waals surface area contributed by atoms with E-state index in [2.05, 4.69) is 10.6 Å². The van der Waals surface area contributed by atoms with E-state index in [0.29, 0.717) is 28.7 Å². The number of hydrogen-bond acceptors (Lipinski definition) is 3. The fraction of sp³-hybridized carbons (Fsp3) is 0.263. The Bertz CT molecular complexity index is 863. The molecule has 1 saturated heterocycles. The van der Waals surface area contributed by atoms with Crippen molar-refractivity contribution in [2.45, 2.75) is 18.9 Å². The third kappa shape index (κ3) is 4.97. The van der Waals surface area contributed by atoms with Gasteiger partial charge < -0.3 is 10.6 Å². The van der Waals surface area contributed by atoms with Crippen LogP contribution in [0.3, 0.4) is 0 Å². The second-order valence-electron chi connectivity index (χ2n) is 6.27. The van der Waals surface area contributed by atoms with Gasteiger partial charge >= 0.3 is 0 Å². The largest absolute Gasteiger partial charge is 0.323 e. The zero-order valence-corrected chi connectivity index (χ0v) is 15.9. The Morgan fingerprint density at radius 1 is 1.11 bits per heavy atom. The molecule has 2 amide bonds. The summed E-state index contributed by atoms with van der Waals surface area (Å²) in [5, 5.41) is 6.15. The first kappa shape index (κ1) is 19.6. The predicted octanol–water partition coefficient (Wildman–Crippen LogP) is 4.17. The number of carbonyl (C=O) groups excluding carboxylic acids is 2. The summed E-state index contributed by atoms with van der Waals surface area (Å²) in [4.78, 5) is 26.7. The molecule has 1 fully saturated rings. The smallest absolute Gasteiger partial charge is 0.241 e. The first-order chi connectivity index (χ1) is 12.9. The van der Waals surface area contributed by atoms with Gasteiger partial charge in [-0.2, -0.15) is 0 Å². The summed E-state index contributed by atoms with van der Waals surface area (Å²) in [6.07, 6.45) is 1.41. The van der Waals surface area contributed by atoms with Gasteiger partial charge in [0.2, 0.25) is 11.8 Å². The van der Waals surface area contributed by atoms with E-state index in [9.17, 15) is 14.0 Å². The first-order valence-electron chi connectivity index (χ1n) is 8.48. The molecule has 8 heteroatoms. The minimum absolute atomic E-state index is 0.00427. The Kier molecular flexibility index (Phi) is 6.31. The number of nitrogens with zero attached hydrogens (tertiary/aromatic N) is 1. The van der Waals surface area contributed by atoms with Crippen LogP contribution in [0.5, 0.6) is 0 Å². The molecule has 0 radical (unpaired) electrons. The molecule has 0 aliphatic carbocycles. The number of nitrogens with one attached hydrogen (secondary N) is 2. The van der Waals surface area contributed by atoms with E-state index in [-0.39, 0.29) is 24.0 Å². The second kappa shape index (κ2) is 8.69. The van der Waals surface area contributed by atoms with Gasteiger partial charge in [-0.05, 0) is 49.7 Å². The van der Waals surface area contributed by atoms with Crippen molar-refractivity contribution < 1.29 is 14.0 Å². The van der Waals surface area contributed by atoms with Crippen molar-refractivity contribution in [1.29, 1.82) is 0 Å². The van der Waals surface area contributed by atoms with E-state index < -0.39 is 11.9 Å². The highest BCUT2D eigenvalue weighted by Gasteiger charge is 2.32. The zero-order chi connectivity index (χ0) is 19.4. The SMILES string of the molecule is O=C(CN1CCC[C@H]1C(=O)Nc1cc(Cl)ccc1Cl)Nc1ccccc1F. The van der Waals surface area contributed by atoms with Crippen molar-refractivity contribution in [1.82, 2.24) is 4.90 Å². The van der Waals surface area contributed by atoms with E-state index in [1.165, 1.54) is 12.1 Å². The summed E-state index contributed by atoms with van der Waals surface area (Å²) in [7, 11) is 0. The Labute approximate surface area is 166 Å². The molecule has 2 aromatic carbocycles. The third-order valence-electron chi connectivity index (χ3n) is 4.35. The van der Waals surface area contributed by atoms with Crippen molar-refractivity contribution in [3.8, 4) is 0 Å². The molecule has 27 heavy (non-hydrogen) atoms. The van der Waals surface area contributed by atoms with Crippen LogP contribution in [0.15, 0.2) is 42.5 Å². The monoisotopic (exact) mass is 409 g/mol. The van der Waals surface area contributed by atoms with Crippen LogP contribution >= 0.6 is 23.2 Å². The summed E-state index contributed by atoms with van der Waals surface area (Å²) < 4.78 is 13.7. The molecule has 1 atom stereocenters. The summed E-state index contributed by atoms with van der Waals surface area (Å²) in [6.45, 7) is 0.599. The third-order valence-corrected chi connectivity index (χ3v) is 4.91. The van der Waals surface area contributed by atoms with Crippen LogP contribution in [0.2, 0.25) is 10.0 Å². The van der Waals surface area contributed by atoms with Gasteiger partial charge in [0.1, 0.15) is 5.82 Å². The highest BCUT2D eigenvalue weighted by molar-refractivity contribution is 6.35. The van der Waals surface area contributed by atoms with Gasteiger partial charge in [-0.1, -0.05) is 35.3 Å². The lowest BCUT2D eigenvalue weighted by atomic mass is 10.2. The van der Waals surface area contributed by atoms with Crippen LogP contribution < -0.4 is 10.6 Å². The molecule has 3 rings (SSSR count). The lowest BCUT2D eigenvalue weighted by Crippen LogP contribution is -2.43. The van der Waals surface area contributed by atoms with Gasteiger partial charge in [-0.25, -0.2) is 4.39 Å². The summed E-state index contributed by atoms with van der Waals surface area (Å²) in [5.41, 5.74) is 0.547. The average Bonchev–Trinajstić information content (AvgIpc) is 3.08. The molecule has 2 N–H and O–H groups in total. The number of amides is 2. The van der Waals surface area contributed by atoms with Crippen LogP contribution in [0.4, 0.5) is 15.8 Å². The fourth-order valence-electron chi connectivity index (χ4n) is 3.06. The van der Waals surface area contributed by atoms with E-state index in [1.54, 1.807) is 35.2 Å². The van der Waals surface area contributed by atoms with Gasteiger partial charge in [0.15, 0.2) is 0 Å². The Hall–Kier alpha value is -2.15. The van der Waals surface area contributed by atoms with Crippen LogP contribution in [-0.4, -0.2) is 35.8 Å². The number of halogens is 3. The quantitative estimate of drug-likeness (QED) is 0.778. The summed E-state index contributed by atoms with van der Waals surface area (Å²) >= 11 is 12.0. The Morgan fingerprint density at radius 2 is 1.89 bits per heavy atom. The van der Waals surface area contributed by atoms with Gasteiger partial charge in [-0.3, -0.25) is 14.5 Å². The average molecular weight is 410 g/mol. The van der Waals surface area contributed by atoms with Crippen LogP contribution in [0.25, 0.3) is 0 Å². The molecule has 5 nitrogen and oxygen atoms in total.